The predicted molar refractivity (Wildman–Crippen MR) is 73.4 cm³/mol. The van der Waals surface area contributed by atoms with Gasteiger partial charge in [-0.1, -0.05) is 0 Å². The number of hydrogen-bond donors (Lipinski definition) is 0. The lowest BCUT2D eigenvalue weighted by Crippen LogP contribution is -2.41. The van der Waals surface area contributed by atoms with Gasteiger partial charge in [0, 0.05) is 13.1 Å². The second-order valence-corrected chi connectivity index (χ2v) is 6.77. The minimum absolute atomic E-state index is 0.0358. The molecule has 1 aliphatic rings. The fraction of sp³-hybridized carbons (Fsp3) is 0.667. The van der Waals surface area contributed by atoms with Gasteiger partial charge in [-0.25, -0.2) is 22.7 Å². The van der Waals surface area contributed by atoms with E-state index in [2.05, 4.69) is 9.97 Å². The van der Waals surface area contributed by atoms with E-state index in [9.17, 15) is 8.42 Å². The van der Waals surface area contributed by atoms with Crippen molar-refractivity contribution in [3.63, 3.8) is 0 Å². The van der Waals surface area contributed by atoms with Crippen LogP contribution in [-0.4, -0.2) is 55.3 Å². The lowest BCUT2D eigenvalue weighted by atomic mass is 10.1. The number of nitrogens with zero attached hydrogens (tertiary/aromatic N) is 3. The number of rotatable bonds is 4. The van der Waals surface area contributed by atoms with E-state index in [-0.39, 0.29) is 6.10 Å². The number of ether oxygens (including phenoxy) is 2. The lowest BCUT2D eigenvalue weighted by molar-refractivity contribution is 0.128. The van der Waals surface area contributed by atoms with Gasteiger partial charge in [0.2, 0.25) is 21.8 Å². The summed E-state index contributed by atoms with van der Waals surface area (Å²) in [6.07, 6.45) is 3.89. The van der Waals surface area contributed by atoms with Crippen molar-refractivity contribution in [2.75, 3.05) is 26.5 Å². The molecule has 0 radical (unpaired) electrons. The first kappa shape index (κ1) is 15.0. The molecule has 0 aromatic carbocycles. The summed E-state index contributed by atoms with van der Waals surface area (Å²) in [7, 11) is -1.56. The maximum absolute atomic E-state index is 11.4. The molecule has 0 aliphatic carbocycles. The third-order valence-corrected chi connectivity index (χ3v) is 4.64. The third kappa shape index (κ3) is 3.37. The van der Waals surface area contributed by atoms with Gasteiger partial charge in [0.15, 0.2) is 0 Å². The van der Waals surface area contributed by atoms with Crippen LogP contribution in [0.25, 0.3) is 0 Å². The monoisotopic (exact) mass is 301 g/mol. The topological polar surface area (TPSA) is 81.6 Å². The average molecular weight is 301 g/mol. The van der Waals surface area contributed by atoms with E-state index in [0.29, 0.717) is 37.7 Å². The van der Waals surface area contributed by atoms with Crippen LogP contribution < -0.4 is 9.47 Å². The van der Waals surface area contributed by atoms with Crippen LogP contribution in [0.2, 0.25) is 0 Å². The zero-order chi connectivity index (χ0) is 14.8. The summed E-state index contributed by atoms with van der Waals surface area (Å²) < 4.78 is 35.3. The van der Waals surface area contributed by atoms with Gasteiger partial charge in [0.05, 0.1) is 18.9 Å². The van der Waals surface area contributed by atoms with Crippen LogP contribution in [-0.2, 0) is 10.0 Å². The van der Waals surface area contributed by atoms with E-state index in [1.54, 1.807) is 7.11 Å². The predicted octanol–water partition coefficient (Wildman–Crippen LogP) is 0.596. The van der Waals surface area contributed by atoms with Gasteiger partial charge >= 0.3 is 0 Å². The van der Waals surface area contributed by atoms with Crippen molar-refractivity contribution in [3.8, 4) is 11.8 Å². The highest BCUT2D eigenvalue weighted by Gasteiger charge is 2.26. The maximum Gasteiger partial charge on any atom is 0.223 e. The molecule has 0 saturated carbocycles. The molecule has 0 amide bonds. The molecule has 1 fully saturated rings. The first-order valence-corrected chi connectivity index (χ1v) is 8.24. The highest BCUT2D eigenvalue weighted by Crippen LogP contribution is 2.25. The number of aromatic nitrogens is 2. The standard InChI is InChI=1S/C12H19N3O4S/c1-9-11(18-2)13-8-14-12(9)19-10-4-6-15(7-5-10)20(3,16)17/h8,10H,4-7H2,1-3H3. The average Bonchev–Trinajstić information content (AvgIpc) is 2.41. The van der Waals surface area contributed by atoms with Gasteiger partial charge in [-0.15, -0.1) is 0 Å². The van der Waals surface area contributed by atoms with E-state index in [4.69, 9.17) is 9.47 Å². The van der Waals surface area contributed by atoms with Crippen molar-refractivity contribution in [1.82, 2.24) is 14.3 Å². The molecule has 1 aliphatic heterocycles. The summed E-state index contributed by atoms with van der Waals surface area (Å²) in [5.74, 6) is 0.984. The quantitative estimate of drug-likeness (QED) is 0.810. The lowest BCUT2D eigenvalue weighted by Gasteiger charge is -2.30. The van der Waals surface area contributed by atoms with Crippen LogP contribution in [0.3, 0.4) is 0 Å². The third-order valence-electron chi connectivity index (χ3n) is 3.33. The second kappa shape index (κ2) is 5.92. The molecule has 0 atom stereocenters. The van der Waals surface area contributed by atoms with Crippen molar-refractivity contribution in [3.05, 3.63) is 11.9 Å². The number of piperidine rings is 1. The highest BCUT2D eigenvalue weighted by atomic mass is 32.2. The van der Waals surface area contributed by atoms with E-state index >= 15 is 0 Å². The van der Waals surface area contributed by atoms with Crippen molar-refractivity contribution in [1.29, 1.82) is 0 Å². The minimum Gasteiger partial charge on any atom is -0.481 e. The zero-order valence-electron chi connectivity index (χ0n) is 11.9. The van der Waals surface area contributed by atoms with Gasteiger partial charge in [-0.2, -0.15) is 0 Å². The Morgan fingerprint density at radius 2 is 1.85 bits per heavy atom. The van der Waals surface area contributed by atoms with E-state index in [0.717, 1.165) is 5.56 Å². The summed E-state index contributed by atoms with van der Waals surface area (Å²) in [6, 6.07) is 0. The summed E-state index contributed by atoms with van der Waals surface area (Å²) in [6.45, 7) is 2.79. The summed E-state index contributed by atoms with van der Waals surface area (Å²) in [5.41, 5.74) is 0.751. The summed E-state index contributed by atoms with van der Waals surface area (Å²) >= 11 is 0. The molecule has 20 heavy (non-hydrogen) atoms. The van der Waals surface area contributed by atoms with Crippen molar-refractivity contribution in [2.45, 2.75) is 25.9 Å². The van der Waals surface area contributed by atoms with Gasteiger partial charge in [0.25, 0.3) is 0 Å². The van der Waals surface area contributed by atoms with Gasteiger partial charge in [0.1, 0.15) is 12.4 Å². The molecule has 112 valence electrons. The molecule has 1 saturated heterocycles. The maximum atomic E-state index is 11.4. The Morgan fingerprint density at radius 1 is 1.25 bits per heavy atom. The van der Waals surface area contributed by atoms with E-state index in [1.165, 1.54) is 16.9 Å². The number of methoxy groups -OCH3 is 1. The van der Waals surface area contributed by atoms with Crippen molar-refractivity contribution >= 4 is 10.0 Å². The van der Waals surface area contributed by atoms with Crippen molar-refractivity contribution in [2.24, 2.45) is 0 Å². The van der Waals surface area contributed by atoms with Crippen LogP contribution in [0.15, 0.2) is 6.33 Å². The first-order chi connectivity index (χ1) is 9.41. The van der Waals surface area contributed by atoms with Crippen LogP contribution in [0.4, 0.5) is 0 Å². The largest absolute Gasteiger partial charge is 0.481 e. The molecule has 1 aromatic rings. The van der Waals surface area contributed by atoms with E-state index < -0.39 is 10.0 Å². The Labute approximate surface area is 119 Å². The molecule has 0 unspecified atom stereocenters. The summed E-state index contributed by atoms with van der Waals surface area (Å²) in [5, 5.41) is 0. The molecule has 2 heterocycles. The smallest absolute Gasteiger partial charge is 0.223 e. The van der Waals surface area contributed by atoms with Crippen molar-refractivity contribution < 1.29 is 17.9 Å². The Balaban J connectivity index is 2.00. The summed E-state index contributed by atoms with van der Waals surface area (Å²) in [4.78, 5) is 8.10. The Kier molecular flexibility index (Phi) is 4.44. The molecule has 2 rings (SSSR count). The molecule has 0 bridgehead atoms. The molecular formula is C12H19N3O4S. The van der Waals surface area contributed by atoms with E-state index in [1.807, 2.05) is 6.92 Å². The molecule has 7 nitrogen and oxygen atoms in total. The van der Waals surface area contributed by atoms with Crippen LogP contribution in [0.1, 0.15) is 18.4 Å². The molecule has 1 aromatic heterocycles. The Hall–Kier alpha value is -1.41. The van der Waals surface area contributed by atoms with Crippen LogP contribution >= 0.6 is 0 Å². The fourth-order valence-corrected chi connectivity index (χ4v) is 3.06. The highest BCUT2D eigenvalue weighted by molar-refractivity contribution is 7.88. The number of sulfonamides is 1. The zero-order valence-corrected chi connectivity index (χ0v) is 12.7. The molecular weight excluding hydrogens is 282 g/mol. The van der Waals surface area contributed by atoms with Gasteiger partial charge < -0.3 is 9.47 Å². The molecule has 8 heteroatoms. The Morgan fingerprint density at radius 3 is 2.40 bits per heavy atom. The minimum atomic E-state index is -3.11. The Bertz CT molecular complexity index is 568. The number of hydrogen-bond acceptors (Lipinski definition) is 6. The fourth-order valence-electron chi connectivity index (χ4n) is 2.18. The van der Waals surface area contributed by atoms with Crippen LogP contribution in [0, 0.1) is 6.92 Å². The van der Waals surface area contributed by atoms with Gasteiger partial charge in [-0.3, -0.25) is 0 Å². The SMILES string of the molecule is COc1ncnc(OC2CCN(S(C)(=O)=O)CC2)c1C. The first-order valence-electron chi connectivity index (χ1n) is 6.39. The molecule has 0 spiro atoms. The van der Waals surface area contributed by atoms with Crippen LogP contribution in [0.5, 0.6) is 11.8 Å². The second-order valence-electron chi connectivity index (χ2n) is 4.79. The molecule has 0 N–H and O–H groups in total. The van der Waals surface area contributed by atoms with Gasteiger partial charge in [-0.05, 0) is 19.8 Å². The normalized spacial score (nSPS) is 17.9.